The summed E-state index contributed by atoms with van der Waals surface area (Å²) in [7, 11) is 0. The Kier molecular flexibility index (Phi) is 18.4. The second kappa shape index (κ2) is 23.3. The van der Waals surface area contributed by atoms with Gasteiger partial charge in [0.25, 0.3) is 0 Å². The number of esters is 2. The number of carboxylic acids is 1. The van der Waals surface area contributed by atoms with E-state index in [1.54, 1.807) is 39.8 Å². The van der Waals surface area contributed by atoms with Crippen molar-refractivity contribution in [2.75, 3.05) is 26.4 Å². The number of aliphatic hydroxyl groups is 12. The number of hydrogen-bond acceptors (Lipinski definition) is 23. The number of fused-ring (bicyclic) bond motifs is 7. The van der Waals surface area contributed by atoms with E-state index in [4.69, 9.17) is 37.9 Å². The van der Waals surface area contributed by atoms with Crippen molar-refractivity contribution >= 4 is 17.9 Å². The van der Waals surface area contributed by atoms with E-state index in [-0.39, 0.29) is 24.3 Å². The van der Waals surface area contributed by atoms with Gasteiger partial charge in [0.15, 0.2) is 31.1 Å². The number of aliphatic carboxylic acids is 1. The summed E-state index contributed by atoms with van der Waals surface area (Å²) in [6, 6.07) is 0. The number of aliphatic hydroxyl groups excluding tert-OH is 12. The molecule has 13 N–H and O–H groups in total. The normalized spacial score (nSPS) is 49.8. The van der Waals surface area contributed by atoms with E-state index in [0.717, 1.165) is 5.57 Å². The number of carboxylic acid groups (broad SMARTS) is 1. The molecule has 0 aromatic carbocycles. The quantitative estimate of drug-likeness (QED) is 0.0415. The van der Waals surface area contributed by atoms with Crippen LogP contribution >= 0.6 is 0 Å². The van der Waals surface area contributed by atoms with Crippen LogP contribution in [0.4, 0.5) is 0 Å². The van der Waals surface area contributed by atoms with Crippen LogP contribution in [0.1, 0.15) is 108 Å². The minimum atomic E-state index is -2.18. The molecular weight excluding hydrogens is 1070 g/mol. The molecule has 3 saturated heterocycles. The van der Waals surface area contributed by atoms with Gasteiger partial charge in [-0.1, -0.05) is 65.3 Å². The molecule has 27 atom stereocenters. The van der Waals surface area contributed by atoms with Crippen LogP contribution in [0.2, 0.25) is 0 Å². The van der Waals surface area contributed by atoms with Crippen molar-refractivity contribution in [2.45, 2.75) is 224 Å². The summed E-state index contributed by atoms with van der Waals surface area (Å²) in [5.74, 6) is -4.48. The van der Waals surface area contributed by atoms with E-state index in [1.807, 2.05) is 27.7 Å². The van der Waals surface area contributed by atoms with Crippen molar-refractivity contribution in [3.8, 4) is 0 Å². The first-order chi connectivity index (χ1) is 37.9. The maximum atomic E-state index is 13.9. The van der Waals surface area contributed by atoms with Gasteiger partial charge in [0.05, 0.1) is 50.2 Å². The smallest absolute Gasteiger partial charge is 0.335 e. The predicted octanol–water partition coefficient (Wildman–Crippen LogP) is -0.765. The molecule has 3 aliphatic heterocycles. The minimum Gasteiger partial charge on any atom is -0.479 e. The fourth-order valence-electron chi connectivity index (χ4n) is 16.2. The molecule has 3 heterocycles. The van der Waals surface area contributed by atoms with Gasteiger partial charge in [-0.05, 0) is 94.8 Å². The van der Waals surface area contributed by atoms with Gasteiger partial charge < -0.3 is 104 Å². The number of hydrogen-bond donors (Lipinski definition) is 13. The lowest BCUT2D eigenvalue weighted by atomic mass is 9.32. The van der Waals surface area contributed by atoms with Gasteiger partial charge in [-0.2, -0.15) is 0 Å². The lowest BCUT2D eigenvalue weighted by Crippen LogP contribution is -2.76. The molecule has 4 saturated carbocycles. The molecule has 7 fully saturated rings. The van der Waals surface area contributed by atoms with Crippen molar-refractivity contribution < 1.29 is 119 Å². The first-order valence-corrected chi connectivity index (χ1v) is 28.3. The summed E-state index contributed by atoms with van der Waals surface area (Å²) in [4.78, 5) is 40.4. The molecular formula is C57H88O24. The van der Waals surface area contributed by atoms with E-state index >= 15 is 0 Å². The van der Waals surface area contributed by atoms with Gasteiger partial charge in [-0.15, -0.1) is 0 Å². The SMILES string of the molecule is CC=C(C)C(=O)O[C@H]1[C@H](OC(=O)C(C)=CC)[C@@]2(CO)C(CC1(C)C)C1=CCC3[C@@]4(C)CC[C@H](O[C@@H]5OC(C(=O)O)[C@@H](O)[C@@H](O[C@@H]6O[C@@H](CO)C(O)[C@@H]6O)C5O[C@@H]5OC(CO)[C@H](O)[C@@H](O)C5O)[C@](C)(CO)C4CC[C@@]3(C)[C@]1(C)[C@@H](O)[C@H]2O. The lowest BCUT2D eigenvalue weighted by Gasteiger charge is -2.73. The Morgan fingerprint density at radius 2 is 1.17 bits per heavy atom. The molecule has 0 spiro atoms. The molecule has 0 amide bonds. The number of ether oxygens (including phenoxy) is 8. The molecule has 5 aliphatic carbocycles. The first kappa shape index (κ1) is 63.9. The molecule has 8 unspecified atom stereocenters. The van der Waals surface area contributed by atoms with Crippen LogP contribution in [-0.4, -0.2) is 227 Å². The fraction of sp³-hybridized carbons (Fsp3) is 0.842. The zero-order valence-corrected chi connectivity index (χ0v) is 47.8. The van der Waals surface area contributed by atoms with Crippen LogP contribution in [0.3, 0.4) is 0 Å². The average molecular weight is 1160 g/mol. The standard InChI is InChI=1S/C57H88O24/c1-11-24(3)47(72)80-44-45(81-48(73)25(4)12-2)57(23-61)27(19-52(44,5)6)26-13-14-31-53(7)17-16-32(54(8,22-60)30(53)15-18-55(31,9)56(26,10)42(68)43(57)69)76-51-41(79-50-37(66)35(64)33(62)28(20-58)74-50)39(38(67)40(78-51)46(70)71)77-49-36(65)34(63)29(21-59)75-49/h11-13,27-45,49-51,58-69H,14-23H2,1-10H3,(H,70,71)/t27?,28?,29-,30?,31?,32-,33-,34?,35+,36-,37?,38-,39+,40?,41?,42-,43+,44-,45-,49-,50-,51+,53-,54+,55+,56-,57-/m0/s1. The second-order valence-corrected chi connectivity index (χ2v) is 25.9. The highest BCUT2D eigenvalue weighted by Gasteiger charge is 2.77. The highest BCUT2D eigenvalue weighted by molar-refractivity contribution is 5.89. The van der Waals surface area contributed by atoms with E-state index in [0.29, 0.717) is 31.3 Å². The molecule has 81 heavy (non-hydrogen) atoms. The zero-order chi connectivity index (χ0) is 60.0. The predicted molar refractivity (Wildman–Crippen MR) is 278 cm³/mol. The summed E-state index contributed by atoms with van der Waals surface area (Å²) in [5, 5.41) is 146. The molecule has 24 nitrogen and oxygen atoms in total. The second-order valence-electron chi connectivity index (χ2n) is 25.9. The third-order valence-electron chi connectivity index (χ3n) is 21.5. The number of carbonyl (C=O) groups is 3. The van der Waals surface area contributed by atoms with Crippen molar-refractivity contribution in [1.82, 2.24) is 0 Å². The van der Waals surface area contributed by atoms with E-state index in [1.165, 1.54) is 0 Å². The number of rotatable bonds is 15. The molecule has 0 aromatic rings. The summed E-state index contributed by atoms with van der Waals surface area (Å²) in [6.07, 6.45) is -25.7. The molecule has 0 aromatic heterocycles. The van der Waals surface area contributed by atoms with Crippen molar-refractivity contribution in [3.63, 3.8) is 0 Å². The highest BCUT2D eigenvalue weighted by atomic mass is 16.8. The van der Waals surface area contributed by atoms with E-state index in [2.05, 4.69) is 19.9 Å². The average Bonchev–Trinajstić information content (AvgIpc) is 1.99. The Balaban J connectivity index is 1.15. The fourth-order valence-corrected chi connectivity index (χ4v) is 16.2. The van der Waals surface area contributed by atoms with Crippen LogP contribution < -0.4 is 0 Å². The Labute approximate surface area is 471 Å². The van der Waals surface area contributed by atoms with Gasteiger partial charge in [-0.3, -0.25) is 0 Å². The van der Waals surface area contributed by atoms with Gasteiger partial charge >= 0.3 is 17.9 Å². The Morgan fingerprint density at radius 3 is 1.70 bits per heavy atom. The van der Waals surface area contributed by atoms with Crippen LogP contribution in [0, 0.1) is 50.2 Å². The van der Waals surface area contributed by atoms with Crippen molar-refractivity contribution in [1.29, 1.82) is 0 Å². The molecule has 24 heteroatoms. The van der Waals surface area contributed by atoms with Gasteiger partial charge in [-0.25, -0.2) is 14.4 Å². The topological polar surface area (TPSA) is 388 Å². The van der Waals surface area contributed by atoms with Gasteiger partial charge in [0.2, 0.25) is 0 Å². The van der Waals surface area contributed by atoms with Gasteiger partial charge in [0, 0.05) is 27.4 Å². The summed E-state index contributed by atoms with van der Waals surface area (Å²) >= 11 is 0. The van der Waals surface area contributed by atoms with Crippen LogP contribution in [0.15, 0.2) is 34.9 Å². The third-order valence-corrected chi connectivity index (χ3v) is 21.5. The summed E-state index contributed by atoms with van der Waals surface area (Å²) < 4.78 is 48.8. The molecule has 460 valence electrons. The number of carbonyl (C=O) groups excluding carboxylic acids is 2. The minimum absolute atomic E-state index is 0.165. The monoisotopic (exact) mass is 1160 g/mol. The van der Waals surface area contributed by atoms with Crippen LogP contribution in [0.5, 0.6) is 0 Å². The van der Waals surface area contributed by atoms with Crippen molar-refractivity contribution in [2.24, 2.45) is 50.2 Å². The van der Waals surface area contributed by atoms with E-state index in [9.17, 15) is 80.8 Å². The Bertz CT molecular complexity index is 2410. The largest absolute Gasteiger partial charge is 0.479 e. The van der Waals surface area contributed by atoms with Crippen LogP contribution in [-0.2, 0) is 52.3 Å². The molecule has 8 aliphatic rings. The molecule has 8 rings (SSSR count). The van der Waals surface area contributed by atoms with E-state index < -0.39 is 205 Å². The third kappa shape index (κ3) is 9.98. The zero-order valence-electron chi connectivity index (χ0n) is 47.8. The number of allylic oxidation sites excluding steroid dienone is 3. The first-order valence-electron chi connectivity index (χ1n) is 28.3. The highest BCUT2D eigenvalue weighted by Crippen LogP contribution is 2.76. The maximum absolute atomic E-state index is 13.9. The Morgan fingerprint density at radius 1 is 0.630 bits per heavy atom. The summed E-state index contributed by atoms with van der Waals surface area (Å²) in [5.41, 5.74) is -5.25. The Hall–Kier alpha value is -3.09. The lowest BCUT2D eigenvalue weighted by molar-refractivity contribution is -0.387. The summed E-state index contributed by atoms with van der Waals surface area (Å²) in [6.45, 7) is 15.3. The van der Waals surface area contributed by atoms with Gasteiger partial charge in [0.1, 0.15) is 67.1 Å². The molecule has 0 bridgehead atoms. The maximum Gasteiger partial charge on any atom is 0.335 e. The molecule has 0 radical (unpaired) electrons. The van der Waals surface area contributed by atoms with Crippen LogP contribution in [0.25, 0.3) is 0 Å². The van der Waals surface area contributed by atoms with Crippen molar-refractivity contribution in [3.05, 3.63) is 34.9 Å².